The van der Waals surface area contributed by atoms with Gasteiger partial charge in [0.25, 0.3) is 0 Å². The number of piperidine rings is 1. The van der Waals surface area contributed by atoms with Crippen LogP contribution in [-0.2, 0) is 10.0 Å². The molecule has 1 heterocycles. The minimum atomic E-state index is -3.13. The summed E-state index contributed by atoms with van der Waals surface area (Å²) >= 11 is 0. The first-order valence-corrected chi connectivity index (χ1v) is 9.11. The zero-order valence-electron chi connectivity index (χ0n) is 12.3. The number of rotatable bonds is 6. The van der Waals surface area contributed by atoms with Crippen LogP contribution in [0.2, 0.25) is 0 Å². The third-order valence-electron chi connectivity index (χ3n) is 3.74. The maximum atomic E-state index is 11.6. The number of ether oxygens (including phenoxy) is 1. The molecule has 21 heavy (non-hydrogen) atoms. The SMILES string of the molecule is CS(=O)(=O)N1CCCC(CC(O)COc2ccccc2)C1. The van der Waals surface area contributed by atoms with Gasteiger partial charge in [0.2, 0.25) is 10.0 Å². The number of hydrogen-bond donors (Lipinski definition) is 1. The molecule has 118 valence electrons. The summed E-state index contributed by atoms with van der Waals surface area (Å²) in [6.45, 7) is 1.33. The van der Waals surface area contributed by atoms with Gasteiger partial charge in [0.1, 0.15) is 12.4 Å². The van der Waals surface area contributed by atoms with E-state index in [9.17, 15) is 13.5 Å². The molecule has 1 N–H and O–H groups in total. The molecule has 0 aliphatic carbocycles. The largest absolute Gasteiger partial charge is 0.491 e. The predicted octanol–water partition coefficient (Wildman–Crippen LogP) is 1.49. The molecule has 1 aromatic carbocycles. The average Bonchev–Trinajstić information content (AvgIpc) is 2.46. The second kappa shape index (κ2) is 7.24. The highest BCUT2D eigenvalue weighted by Crippen LogP contribution is 2.23. The molecule has 0 aromatic heterocycles. The lowest BCUT2D eigenvalue weighted by atomic mass is 9.94. The molecule has 1 aliphatic rings. The van der Waals surface area contributed by atoms with Crippen LogP contribution in [0.25, 0.3) is 0 Å². The van der Waals surface area contributed by atoms with Gasteiger partial charge in [0.15, 0.2) is 0 Å². The molecule has 1 fully saturated rings. The highest BCUT2D eigenvalue weighted by Gasteiger charge is 2.27. The van der Waals surface area contributed by atoms with E-state index in [1.807, 2.05) is 30.3 Å². The van der Waals surface area contributed by atoms with E-state index in [1.54, 1.807) is 0 Å². The van der Waals surface area contributed by atoms with Crippen molar-refractivity contribution in [3.8, 4) is 5.75 Å². The standard InChI is InChI=1S/C15H23NO4S/c1-21(18,19)16-9-5-6-13(11-16)10-14(17)12-20-15-7-3-2-4-8-15/h2-4,7-8,13-14,17H,5-6,9-12H2,1H3. The second-order valence-electron chi connectivity index (χ2n) is 5.64. The fourth-order valence-corrected chi connectivity index (χ4v) is 3.62. The maximum Gasteiger partial charge on any atom is 0.211 e. The lowest BCUT2D eigenvalue weighted by molar-refractivity contribution is 0.0744. The van der Waals surface area contributed by atoms with Gasteiger partial charge in [-0.3, -0.25) is 0 Å². The van der Waals surface area contributed by atoms with Crippen LogP contribution in [0.1, 0.15) is 19.3 Å². The minimum absolute atomic E-state index is 0.197. The van der Waals surface area contributed by atoms with Crippen LogP contribution in [0.5, 0.6) is 5.75 Å². The molecule has 0 amide bonds. The topological polar surface area (TPSA) is 66.8 Å². The third kappa shape index (κ3) is 5.30. The highest BCUT2D eigenvalue weighted by molar-refractivity contribution is 7.88. The van der Waals surface area contributed by atoms with E-state index < -0.39 is 16.1 Å². The Labute approximate surface area is 126 Å². The second-order valence-corrected chi connectivity index (χ2v) is 7.63. The van der Waals surface area contributed by atoms with E-state index in [4.69, 9.17) is 4.74 Å². The molecule has 2 atom stereocenters. The van der Waals surface area contributed by atoms with Crippen molar-refractivity contribution in [1.29, 1.82) is 0 Å². The molecule has 1 saturated heterocycles. The van der Waals surface area contributed by atoms with Crippen LogP contribution in [0, 0.1) is 5.92 Å². The third-order valence-corrected chi connectivity index (χ3v) is 5.01. The van der Waals surface area contributed by atoms with E-state index in [2.05, 4.69) is 0 Å². The molecular formula is C15H23NO4S. The Bertz CT molecular complexity index is 532. The van der Waals surface area contributed by atoms with E-state index in [-0.39, 0.29) is 12.5 Å². The number of aliphatic hydroxyl groups is 1. The number of hydrogen-bond acceptors (Lipinski definition) is 4. The van der Waals surface area contributed by atoms with Crippen LogP contribution >= 0.6 is 0 Å². The summed E-state index contributed by atoms with van der Waals surface area (Å²) in [5, 5.41) is 10.1. The summed E-state index contributed by atoms with van der Waals surface area (Å²) in [6, 6.07) is 9.36. The number of aliphatic hydroxyl groups excluding tert-OH is 1. The molecule has 0 bridgehead atoms. The van der Waals surface area contributed by atoms with Crippen molar-refractivity contribution >= 4 is 10.0 Å². The Hall–Kier alpha value is -1.11. The first-order chi connectivity index (χ1) is 9.95. The van der Waals surface area contributed by atoms with E-state index >= 15 is 0 Å². The Morgan fingerprint density at radius 1 is 1.38 bits per heavy atom. The van der Waals surface area contributed by atoms with Gasteiger partial charge < -0.3 is 9.84 Å². The van der Waals surface area contributed by atoms with Crippen LogP contribution < -0.4 is 4.74 Å². The summed E-state index contributed by atoms with van der Waals surface area (Å²) in [5.41, 5.74) is 0. The predicted molar refractivity (Wildman–Crippen MR) is 81.7 cm³/mol. The Kier molecular flexibility index (Phi) is 5.61. The molecule has 2 rings (SSSR count). The van der Waals surface area contributed by atoms with Crippen molar-refractivity contribution in [2.45, 2.75) is 25.4 Å². The molecule has 6 heteroatoms. The summed E-state index contributed by atoms with van der Waals surface area (Å²) in [5.74, 6) is 0.931. The van der Waals surface area contributed by atoms with Crippen molar-refractivity contribution in [2.24, 2.45) is 5.92 Å². The number of sulfonamides is 1. The van der Waals surface area contributed by atoms with E-state index in [0.29, 0.717) is 19.5 Å². The molecule has 1 aliphatic heterocycles. The normalized spacial score (nSPS) is 21.9. The maximum absolute atomic E-state index is 11.6. The van der Waals surface area contributed by atoms with Crippen molar-refractivity contribution in [1.82, 2.24) is 4.31 Å². The summed E-state index contributed by atoms with van der Waals surface area (Å²) in [6.07, 6.45) is 3.04. The van der Waals surface area contributed by atoms with Crippen molar-refractivity contribution < 1.29 is 18.3 Å². The molecular weight excluding hydrogens is 290 g/mol. The molecule has 2 unspecified atom stereocenters. The Morgan fingerprint density at radius 2 is 2.10 bits per heavy atom. The van der Waals surface area contributed by atoms with Gasteiger partial charge in [-0.25, -0.2) is 12.7 Å². The van der Waals surface area contributed by atoms with Crippen molar-refractivity contribution in [3.05, 3.63) is 30.3 Å². The van der Waals surface area contributed by atoms with Gasteiger partial charge in [-0.1, -0.05) is 18.2 Å². The first kappa shape index (κ1) is 16.3. The molecule has 0 radical (unpaired) electrons. The van der Waals surface area contributed by atoms with Crippen molar-refractivity contribution in [3.63, 3.8) is 0 Å². The molecule has 0 spiro atoms. The van der Waals surface area contributed by atoms with Crippen LogP contribution in [0.3, 0.4) is 0 Å². The first-order valence-electron chi connectivity index (χ1n) is 7.26. The summed E-state index contributed by atoms with van der Waals surface area (Å²) in [4.78, 5) is 0. The molecule has 0 saturated carbocycles. The Balaban J connectivity index is 1.78. The lowest BCUT2D eigenvalue weighted by Crippen LogP contribution is -2.40. The zero-order valence-corrected chi connectivity index (χ0v) is 13.1. The zero-order chi connectivity index (χ0) is 15.3. The number of benzene rings is 1. The average molecular weight is 313 g/mol. The van der Waals surface area contributed by atoms with Gasteiger partial charge in [-0.2, -0.15) is 0 Å². The fraction of sp³-hybridized carbons (Fsp3) is 0.600. The van der Waals surface area contributed by atoms with Crippen LogP contribution in [0.4, 0.5) is 0 Å². The fourth-order valence-electron chi connectivity index (χ4n) is 2.68. The minimum Gasteiger partial charge on any atom is -0.491 e. The van der Waals surface area contributed by atoms with Crippen LogP contribution in [0.15, 0.2) is 30.3 Å². The van der Waals surface area contributed by atoms with Gasteiger partial charge in [0.05, 0.1) is 12.4 Å². The molecule has 5 nitrogen and oxygen atoms in total. The summed E-state index contributed by atoms with van der Waals surface area (Å²) < 4.78 is 30.2. The summed E-state index contributed by atoms with van der Waals surface area (Å²) in [7, 11) is -3.13. The lowest BCUT2D eigenvalue weighted by Gasteiger charge is -2.31. The quantitative estimate of drug-likeness (QED) is 0.864. The van der Waals surface area contributed by atoms with Gasteiger partial charge >= 0.3 is 0 Å². The van der Waals surface area contributed by atoms with Gasteiger partial charge in [0, 0.05) is 13.1 Å². The van der Waals surface area contributed by atoms with E-state index in [1.165, 1.54) is 10.6 Å². The monoisotopic (exact) mass is 313 g/mol. The number of nitrogens with zero attached hydrogens (tertiary/aromatic N) is 1. The van der Waals surface area contributed by atoms with Gasteiger partial charge in [-0.15, -0.1) is 0 Å². The smallest absolute Gasteiger partial charge is 0.211 e. The van der Waals surface area contributed by atoms with Crippen molar-refractivity contribution in [2.75, 3.05) is 26.0 Å². The van der Waals surface area contributed by atoms with Gasteiger partial charge in [-0.05, 0) is 37.3 Å². The Morgan fingerprint density at radius 3 is 2.76 bits per heavy atom. The highest BCUT2D eigenvalue weighted by atomic mass is 32.2. The number of para-hydroxylation sites is 1. The van der Waals surface area contributed by atoms with Crippen LogP contribution in [-0.4, -0.2) is 49.9 Å². The van der Waals surface area contributed by atoms with E-state index in [0.717, 1.165) is 18.6 Å². The molecule has 1 aromatic rings.